The third-order valence-electron chi connectivity index (χ3n) is 6.19. The fourth-order valence-electron chi connectivity index (χ4n) is 4.26. The highest BCUT2D eigenvalue weighted by Gasteiger charge is 2.35. The number of anilines is 1. The lowest BCUT2D eigenvalue weighted by Crippen LogP contribution is -2.38. The van der Waals surface area contributed by atoms with E-state index in [0.29, 0.717) is 12.2 Å². The average molecular weight is 479 g/mol. The molecular weight excluding hydrogens is 452 g/mol. The summed E-state index contributed by atoms with van der Waals surface area (Å²) in [5, 5.41) is 6.31. The summed E-state index contributed by atoms with van der Waals surface area (Å²) in [5.74, 6) is -0.979. The summed E-state index contributed by atoms with van der Waals surface area (Å²) in [6, 6.07) is 23.0. The first-order valence-corrected chi connectivity index (χ1v) is 11.7. The van der Waals surface area contributed by atoms with Crippen LogP contribution in [0.15, 0.2) is 84.7 Å². The van der Waals surface area contributed by atoms with Gasteiger partial charge in [0.1, 0.15) is 12.2 Å². The Balaban J connectivity index is 1.36. The fourth-order valence-corrected chi connectivity index (χ4v) is 4.26. The number of carbonyl (C=O) groups excluding carboxylic acids is 3. The molecular formula is C29H26N4O3. The molecule has 2 heterocycles. The van der Waals surface area contributed by atoms with E-state index in [1.807, 2.05) is 49.5 Å². The number of hydrogen-bond donors (Lipinski definition) is 2. The predicted octanol–water partition coefficient (Wildman–Crippen LogP) is 4.84. The van der Waals surface area contributed by atoms with Gasteiger partial charge in [0, 0.05) is 34.9 Å². The van der Waals surface area contributed by atoms with Gasteiger partial charge in [0.15, 0.2) is 0 Å². The Morgan fingerprint density at radius 2 is 1.58 bits per heavy atom. The number of benzene rings is 3. The lowest BCUT2D eigenvalue weighted by atomic mass is 10.1. The zero-order valence-corrected chi connectivity index (χ0v) is 20.1. The number of amides is 4. The first-order valence-electron chi connectivity index (χ1n) is 11.7. The third-order valence-corrected chi connectivity index (χ3v) is 6.19. The molecule has 0 bridgehead atoms. The van der Waals surface area contributed by atoms with Crippen LogP contribution in [-0.2, 0) is 16.1 Å². The number of hydrogen-bond acceptors (Lipinski definition) is 3. The Morgan fingerprint density at radius 1 is 0.917 bits per heavy atom. The molecule has 1 aromatic heterocycles. The van der Waals surface area contributed by atoms with Crippen LogP contribution in [0.3, 0.4) is 0 Å². The molecule has 3 aromatic carbocycles. The van der Waals surface area contributed by atoms with E-state index in [-0.39, 0.29) is 12.2 Å². The first-order chi connectivity index (χ1) is 17.4. The van der Waals surface area contributed by atoms with Crippen LogP contribution in [0.4, 0.5) is 10.5 Å². The van der Waals surface area contributed by atoms with Crippen molar-refractivity contribution in [1.29, 1.82) is 0 Å². The summed E-state index contributed by atoms with van der Waals surface area (Å²) < 4.78 is 2.13. The molecule has 4 aromatic rings. The summed E-state index contributed by atoms with van der Waals surface area (Å²) in [7, 11) is 0. The highest BCUT2D eigenvalue weighted by atomic mass is 16.2. The van der Waals surface area contributed by atoms with Crippen LogP contribution in [0.5, 0.6) is 0 Å². The molecule has 0 radical (unpaired) electrons. The van der Waals surface area contributed by atoms with E-state index in [2.05, 4.69) is 46.4 Å². The van der Waals surface area contributed by atoms with Crippen LogP contribution in [0.25, 0.3) is 17.0 Å². The molecule has 36 heavy (non-hydrogen) atoms. The van der Waals surface area contributed by atoms with Crippen LogP contribution in [0, 0.1) is 13.8 Å². The largest absolute Gasteiger partial charge is 0.342 e. The zero-order chi connectivity index (χ0) is 25.2. The van der Waals surface area contributed by atoms with Crippen molar-refractivity contribution in [3.05, 3.63) is 107 Å². The molecule has 0 saturated carbocycles. The van der Waals surface area contributed by atoms with Gasteiger partial charge in [-0.2, -0.15) is 0 Å². The van der Waals surface area contributed by atoms with Gasteiger partial charge in [0.2, 0.25) is 5.91 Å². The van der Waals surface area contributed by atoms with E-state index in [9.17, 15) is 14.4 Å². The Kier molecular flexibility index (Phi) is 6.12. The molecule has 0 spiro atoms. The Morgan fingerprint density at radius 3 is 2.31 bits per heavy atom. The number of imide groups is 1. The monoisotopic (exact) mass is 478 g/mol. The number of rotatable bonds is 6. The van der Waals surface area contributed by atoms with Crippen LogP contribution in [0.1, 0.15) is 22.3 Å². The minimum absolute atomic E-state index is 0.140. The lowest BCUT2D eigenvalue weighted by molar-refractivity contribution is -0.127. The van der Waals surface area contributed by atoms with E-state index >= 15 is 0 Å². The summed E-state index contributed by atoms with van der Waals surface area (Å²) >= 11 is 0. The molecule has 1 aliphatic rings. The van der Waals surface area contributed by atoms with Crippen molar-refractivity contribution >= 4 is 40.5 Å². The highest BCUT2D eigenvalue weighted by molar-refractivity contribution is 6.16. The fraction of sp³-hybridized carbons (Fsp3) is 0.138. The molecule has 5 rings (SSSR count). The number of aryl methyl sites for hydroxylation is 2. The first kappa shape index (κ1) is 23.1. The standard InChI is InChI=1S/C29H26N4O3/c1-19-7-11-21(12-8-19)16-32-17-22(24-5-3-4-6-26(24)32)15-25-28(35)33(29(36)31-25)18-27(34)30-23-13-9-20(2)10-14-23/h3-15,17H,16,18H2,1-2H3,(H,30,34)(H,31,36). The van der Waals surface area contributed by atoms with Gasteiger partial charge in [-0.25, -0.2) is 9.69 Å². The normalized spacial score (nSPS) is 14.5. The van der Waals surface area contributed by atoms with E-state index < -0.39 is 17.8 Å². The summed E-state index contributed by atoms with van der Waals surface area (Å²) in [6.45, 7) is 4.31. The maximum atomic E-state index is 13.0. The molecule has 180 valence electrons. The van der Waals surface area contributed by atoms with Crippen molar-refractivity contribution in [3.8, 4) is 0 Å². The van der Waals surface area contributed by atoms with E-state index in [4.69, 9.17) is 0 Å². The Bertz CT molecular complexity index is 1500. The number of urea groups is 1. The molecule has 7 heteroatoms. The van der Waals surface area contributed by atoms with Gasteiger partial charge in [-0.15, -0.1) is 0 Å². The number of fused-ring (bicyclic) bond motifs is 1. The van der Waals surface area contributed by atoms with E-state index in [1.54, 1.807) is 18.2 Å². The van der Waals surface area contributed by atoms with Crippen molar-refractivity contribution in [3.63, 3.8) is 0 Å². The van der Waals surface area contributed by atoms with Crippen LogP contribution in [0.2, 0.25) is 0 Å². The Hall–Kier alpha value is -4.65. The van der Waals surface area contributed by atoms with Crippen molar-refractivity contribution < 1.29 is 14.4 Å². The van der Waals surface area contributed by atoms with Gasteiger partial charge in [0.05, 0.1) is 0 Å². The number of para-hydroxylation sites is 1. The van der Waals surface area contributed by atoms with E-state index in [0.717, 1.165) is 32.5 Å². The second-order valence-electron chi connectivity index (χ2n) is 9.01. The molecule has 1 saturated heterocycles. The van der Waals surface area contributed by atoms with Crippen molar-refractivity contribution in [2.45, 2.75) is 20.4 Å². The van der Waals surface area contributed by atoms with Crippen molar-refractivity contribution in [2.24, 2.45) is 0 Å². The van der Waals surface area contributed by atoms with Crippen LogP contribution in [-0.4, -0.2) is 33.9 Å². The third kappa shape index (κ3) is 4.77. The van der Waals surface area contributed by atoms with E-state index in [1.165, 1.54) is 5.56 Å². The lowest BCUT2D eigenvalue weighted by Gasteiger charge is -2.12. The quantitative estimate of drug-likeness (QED) is 0.307. The number of carbonyl (C=O) groups is 3. The van der Waals surface area contributed by atoms with Crippen LogP contribution >= 0.6 is 0 Å². The number of aromatic nitrogens is 1. The van der Waals surface area contributed by atoms with Gasteiger partial charge in [-0.1, -0.05) is 65.7 Å². The molecule has 7 nitrogen and oxygen atoms in total. The number of nitrogens with zero attached hydrogens (tertiary/aromatic N) is 2. The predicted molar refractivity (Wildman–Crippen MR) is 140 cm³/mol. The second kappa shape index (κ2) is 9.54. The minimum Gasteiger partial charge on any atom is -0.342 e. The Labute approximate surface area is 209 Å². The zero-order valence-electron chi connectivity index (χ0n) is 20.1. The summed E-state index contributed by atoms with van der Waals surface area (Å²) in [5.41, 5.74) is 6.02. The highest BCUT2D eigenvalue weighted by Crippen LogP contribution is 2.26. The molecule has 4 amide bonds. The summed E-state index contributed by atoms with van der Waals surface area (Å²) in [6.07, 6.45) is 3.65. The maximum absolute atomic E-state index is 13.0. The van der Waals surface area contributed by atoms with Crippen molar-refractivity contribution in [1.82, 2.24) is 14.8 Å². The maximum Gasteiger partial charge on any atom is 0.329 e. The van der Waals surface area contributed by atoms with Crippen molar-refractivity contribution in [2.75, 3.05) is 11.9 Å². The van der Waals surface area contributed by atoms with Gasteiger partial charge in [-0.05, 0) is 43.7 Å². The molecule has 0 unspecified atom stereocenters. The smallest absolute Gasteiger partial charge is 0.329 e. The number of nitrogens with one attached hydrogen (secondary N) is 2. The topological polar surface area (TPSA) is 83.4 Å². The molecule has 0 atom stereocenters. The van der Waals surface area contributed by atoms with Crippen LogP contribution < -0.4 is 10.6 Å². The molecule has 1 aliphatic heterocycles. The second-order valence-corrected chi connectivity index (χ2v) is 9.01. The average Bonchev–Trinajstić information content (AvgIpc) is 3.34. The molecule has 0 aliphatic carbocycles. The molecule has 1 fully saturated rings. The van der Waals surface area contributed by atoms with Gasteiger partial charge in [-0.3, -0.25) is 9.59 Å². The van der Waals surface area contributed by atoms with Gasteiger partial charge >= 0.3 is 6.03 Å². The SMILES string of the molecule is Cc1ccc(Cn2cc(C=C3NC(=O)N(CC(=O)Nc4ccc(C)cc4)C3=O)c3ccccc32)cc1. The van der Waals surface area contributed by atoms with Gasteiger partial charge in [0.25, 0.3) is 5.91 Å². The minimum atomic E-state index is -0.617. The molecule has 2 N–H and O–H groups in total. The van der Waals surface area contributed by atoms with Gasteiger partial charge < -0.3 is 15.2 Å². The summed E-state index contributed by atoms with van der Waals surface area (Å²) in [4.78, 5) is 38.9.